The van der Waals surface area contributed by atoms with E-state index in [0.717, 1.165) is 59.0 Å². The van der Waals surface area contributed by atoms with Crippen molar-refractivity contribution in [3.8, 4) is 5.88 Å². The van der Waals surface area contributed by atoms with Gasteiger partial charge in [0.15, 0.2) is 5.82 Å². The first-order valence-electron chi connectivity index (χ1n) is 10.9. The highest BCUT2D eigenvalue weighted by Crippen LogP contribution is 2.40. The fourth-order valence-electron chi connectivity index (χ4n) is 4.31. The van der Waals surface area contributed by atoms with Crippen LogP contribution in [-0.2, 0) is 6.42 Å². The van der Waals surface area contributed by atoms with E-state index in [9.17, 15) is 5.11 Å². The van der Waals surface area contributed by atoms with E-state index in [-0.39, 0.29) is 11.9 Å². The SMILES string of the molecule is CCc1nc2sc([C@H](c3ccc(C)cc3)N3CCN(c4cccc(Cl)c4)CC3)c(O)n2n1. The lowest BCUT2D eigenvalue weighted by Crippen LogP contribution is -2.47. The van der Waals surface area contributed by atoms with Gasteiger partial charge in [0.2, 0.25) is 10.8 Å². The van der Waals surface area contributed by atoms with Gasteiger partial charge in [0, 0.05) is 43.3 Å². The molecule has 4 aromatic rings. The van der Waals surface area contributed by atoms with Crippen LogP contribution < -0.4 is 4.90 Å². The number of aryl methyl sites for hydroxylation is 2. The second kappa shape index (κ2) is 8.73. The van der Waals surface area contributed by atoms with Crippen LogP contribution in [0.1, 0.15) is 34.8 Å². The Morgan fingerprint density at radius 3 is 2.50 bits per heavy atom. The number of hydrogen-bond acceptors (Lipinski definition) is 6. The van der Waals surface area contributed by atoms with E-state index in [0.29, 0.717) is 0 Å². The number of halogens is 1. The fraction of sp³-hybridized carbons (Fsp3) is 0.333. The van der Waals surface area contributed by atoms with Gasteiger partial charge in [-0.1, -0.05) is 65.8 Å². The van der Waals surface area contributed by atoms with E-state index in [2.05, 4.69) is 57.1 Å². The predicted octanol–water partition coefficient (Wildman–Crippen LogP) is 4.93. The van der Waals surface area contributed by atoms with Crippen molar-refractivity contribution in [1.29, 1.82) is 0 Å². The number of thiazole rings is 1. The molecule has 32 heavy (non-hydrogen) atoms. The van der Waals surface area contributed by atoms with Gasteiger partial charge < -0.3 is 10.0 Å². The van der Waals surface area contributed by atoms with Gasteiger partial charge >= 0.3 is 0 Å². The molecule has 0 radical (unpaired) electrons. The Morgan fingerprint density at radius 2 is 1.84 bits per heavy atom. The molecule has 0 bridgehead atoms. The zero-order chi connectivity index (χ0) is 22.2. The molecule has 0 amide bonds. The number of anilines is 1. The van der Waals surface area contributed by atoms with Crippen LogP contribution in [0.2, 0.25) is 5.02 Å². The van der Waals surface area contributed by atoms with E-state index in [1.165, 1.54) is 22.5 Å². The van der Waals surface area contributed by atoms with E-state index < -0.39 is 0 Å². The number of nitrogens with zero attached hydrogens (tertiary/aromatic N) is 5. The van der Waals surface area contributed by atoms with Crippen molar-refractivity contribution in [3.05, 3.63) is 75.4 Å². The van der Waals surface area contributed by atoms with Gasteiger partial charge in [0.25, 0.3) is 0 Å². The summed E-state index contributed by atoms with van der Waals surface area (Å²) in [6, 6.07) is 16.6. The summed E-state index contributed by atoms with van der Waals surface area (Å²) in [5.74, 6) is 0.945. The molecule has 0 saturated carbocycles. The summed E-state index contributed by atoms with van der Waals surface area (Å²) in [7, 11) is 0. The highest BCUT2D eigenvalue weighted by Gasteiger charge is 2.31. The molecule has 6 nitrogen and oxygen atoms in total. The van der Waals surface area contributed by atoms with Crippen LogP contribution >= 0.6 is 22.9 Å². The lowest BCUT2D eigenvalue weighted by Gasteiger charge is -2.40. The largest absolute Gasteiger partial charge is 0.492 e. The highest BCUT2D eigenvalue weighted by molar-refractivity contribution is 7.17. The van der Waals surface area contributed by atoms with Crippen LogP contribution in [0.5, 0.6) is 5.88 Å². The van der Waals surface area contributed by atoms with E-state index >= 15 is 0 Å². The van der Waals surface area contributed by atoms with Crippen molar-refractivity contribution in [3.63, 3.8) is 0 Å². The molecule has 1 fully saturated rings. The van der Waals surface area contributed by atoms with Gasteiger partial charge in [-0.3, -0.25) is 4.90 Å². The molecular formula is C24H26ClN5OS. The topological polar surface area (TPSA) is 56.9 Å². The third-order valence-corrected chi connectivity index (χ3v) is 7.36. The average molecular weight is 468 g/mol. The molecule has 1 N–H and O–H groups in total. The second-order valence-corrected chi connectivity index (χ2v) is 9.63. The van der Waals surface area contributed by atoms with Gasteiger partial charge in [-0.2, -0.15) is 4.52 Å². The maximum atomic E-state index is 11.1. The summed E-state index contributed by atoms with van der Waals surface area (Å²) in [5, 5.41) is 16.3. The smallest absolute Gasteiger partial charge is 0.230 e. The minimum atomic E-state index is -0.0457. The number of hydrogen-bond donors (Lipinski definition) is 1. The minimum Gasteiger partial charge on any atom is -0.492 e. The molecular weight excluding hydrogens is 442 g/mol. The van der Waals surface area contributed by atoms with Crippen LogP contribution in [0.3, 0.4) is 0 Å². The molecule has 1 aliphatic heterocycles. The Balaban J connectivity index is 1.47. The Labute approximate surface area is 196 Å². The number of aromatic hydroxyl groups is 1. The molecule has 8 heteroatoms. The number of piperazine rings is 1. The maximum absolute atomic E-state index is 11.1. The molecule has 1 saturated heterocycles. The van der Waals surface area contributed by atoms with Crippen LogP contribution in [0.4, 0.5) is 5.69 Å². The van der Waals surface area contributed by atoms with Crippen molar-refractivity contribution in [2.45, 2.75) is 26.3 Å². The fourth-order valence-corrected chi connectivity index (χ4v) is 5.63. The van der Waals surface area contributed by atoms with Crippen molar-refractivity contribution >= 4 is 33.6 Å². The Morgan fingerprint density at radius 1 is 1.09 bits per heavy atom. The van der Waals surface area contributed by atoms with Crippen LogP contribution in [0.25, 0.3) is 4.96 Å². The Kier molecular flexibility index (Phi) is 5.80. The molecule has 166 valence electrons. The first-order valence-corrected chi connectivity index (χ1v) is 12.1. The summed E-state index contributed by atoms with van der Waals surface area (Å²) in [6.07, 6.45) is 0.746. The third-order valence-electron chi connectivity index (χ3n) is 6.05. The lowest BCUT2D eigenvalue weighted by atomic mass is 10.0. The van der Waals surface area contributed by atoms with Crippen molar-refractivity contribution < 1.29 is 5.11 Å². The number of aromatic nitrogens is 3. The summed E-state index contributed by atoms with van der Waals surface area (Å²) in [6.45, 7) is 7.65. The number of fused-ring (bicyclic) bond motifs is 1. The van der Waals surface area contributed by atoms with Crippen molar-refractivity contribution in [1.82, 2.24) is 19.5 Å². The van der Waals surface area contributed by atoms with Crippen LogP contribution in [-0.4, -0.2) is 50.8 Å². The molecule has 2 aromatic carbocycles. The normalized spacial score (nSPS) is 16.0. The van der Waals surface area contributed by atoms with Crippen LogP contribution in [0, 0.1) is 6.92 Å². The van der Waals surface area contributed by atoms with Gasteiger partial charge in [-0.05, 0) is 30.7 Å². The van der Waals surface area contributed by atoms with Gasteiger partial charge in [0.05, 0.1) is 10.9 Å². The summed E-state index contributed by atoms with van der Waals surface area (Å²) in [5.41, 5.74) is 3.54. The van der Waals surface area contributed by atoms with Gasteiger partial charge in [-0.25, -0.2) is 4.98 Å². The third kappa shape index (κ3) is 3.96. The molecule has 5 rings (SSSR count). The van der Waals surface area contributed by atoms with Crippen molar-refractivity contribution in [2.24, 2.45) is 0 Å². The average Bonchev–Trinajstić information content (AvgIpc) is 3.35. The molecule has 3 heterocycles. The Hall–Kier alpha value is -2.61. The van der Waals surface area contributed by atoms with Gasteiger partial charge in [-0.15, -0.1) is 5.10 Å². The van der Waals surface area contributed by atoms with Crippen molar-refractivity contribution in [2.75, 3.05) is 31.1 Å². The summed E-state index contributed by atoms with van der Waals surface area (Å²) in [4.78, 5) is 11.0. The summed E-state index contributed by atoms with van der Waals surface area (Å²) >= 11 is 7.73. The highest BCUT2D eigenvalue weighted by atomic mass is 35.5. The Bertz CT molecular complexity index is 1230. The number of benzene rings is 2. The monoisotopic (exact) mass is 467 g/mol. The maximum Gasteiger partial charge on any atom is 0.230 e. The molecule has 0 aliphatic carbocycles. The zero-order valence-corrected chi connectivity index (χ0v) is 19.8. The first-order chi connectivity index (χ1) is 15.5. The predicted molar refractivity (Wildman–Crippen MR) is 130 cm³/mol. The van der Waals surface area contributed by atoms with Gasteiger partial charge in [0.1, 0.15) is 0 Å². The standard InChI is InChI=1S/C24H26ClN5OS/c1-3-20-26-24-30(27-20)23(31)22(32-24)21(17-9-7-16(2)8-10-17)29-13-11-28(12-14-29)19-6-4-5-18(25)15-19/h4-10,15,21,31H,3,11-14H2,1-2H3/t21-/m0/s1. The van der Waals surface area contributed by atoms with E-state index in [1.807, 2.05) is 25.1 Å². The molecule has 2 aromatic heterocycles. The molecule has 0 unspecified atom stereocenters. The molecule has 1 aliphatic rings. The summed E-state index contributed by atoms with van der Waals surface area (Å²) < 4.78 is 1.59. The first kappa shape index (κ1) is 21.2. The lowest BCUT2D eigenvalue weighted by molar-refractivity contribution is 0.211. The number of rotatable bonds is 5. The molecule has 1 atom stereocenters. The van der Waals surface area contributed by atoms with Crippen LogP contribution in [0.15, 0.2) is 48.5 Å². The second-order valence-electron chi connectivity index (χ2n) is 8.18. The van der Waals surface area contributed by atoms with E-state index in [4.69, 9.17) is 11.6 Å². The molecule has 0 spiro atoms. The quantitative estimate of drug-likeness (QED) is 0.451. The minimum absolute atomic E-state index is 0.0457. The zero-order valence-electron chi connectivity index (χ0n) is 18.2. The van der Waals surface area contributed by atoms with E-state index in [1.54, 1.807) is 4.52 Å².